The number of aromatic amines is 1. The fourth-order valence-corrected chi connectivity index (χ4v) is 1.04. The Morgan fingerprint density at radius 1 is 1.58 bits per heavy atom. The minimum absolute atomic E-state index is 0.414. The molecule has 0 aliphatic rings. The molecule has 0 amide bonds. The number of hydrogen-bond donors (Lipinski definition) is 2. The van der Waals surface area contributed by atoms with Crippen LogP contribution in [0.4, 0.5) is 0 Å². The van der Waals surface area contributed by atoms with Crippen LogP contribution in [-0.2, 0) is 0 Å². The molecule has 6 nitrogen and oxygen atoms in total. The van der Waals surface area contributed by atoms with Gasteiger partial charge in [0.1, 0.15) is 11.8 Å². The molecule has 2 heterocycles. The van der Waals surface area contributed by atoms with Crippen molar-refractivity contribution in [2.24, 2.45) is 4.99 Å². The topological polar surface area (TPSA) is 79.1 Å². The molecule has 0 aliphatic heterocycles. The number of imidazole rings is 1. The van der Waals surface area contributed by atoms with Crippen LogP contribution in [0.15, 0.2) is 17.6 Å². The van der Waals surface area contributed by atoms with Crippen molar-refractivity contribution in [2.45, 2.75) is 0 Å². The minimum atomic E-state index is 0.414. The minimum Gasteiger partial charge on any atom is -0.425 e. The number of fused-ring (bicyclic) bond motifs is 1. The Balaban J connectivity index is 3.03. The molecule has 62 valence electrons. The van der Waals surface area contributed by atoms with Gasteiger partial charge in [0.15, 0.2) is 11.1 Å². The number of H-pyrrole nitrogens is 1. The lowest BCUT2D eigenvalue weighted by atomic mass is 10.5. The van der Waals surface area contributed by atoms with Crippen molar-refractivity contribution in [2.75, 3.05) is 7.05 Å². The van der Waals surface area contributed by atoms with Gasteiger partial charge in [-0.1, -0.05) is 0 Å². The molecule has 0 saturated heterocycles. The van der Waals surface area contributed by atoms with Crippen LogP contribution in [0, 0.1) is 0 Å². The van der Waals surface area contributed by atoms with Crippen molar-refractivity contribution in [1.82, 2.24) is 19.7 Å². The van der Waals surface area contributed by atoms with Crippen LogP contribution in [-0.4, -0.2) is 31.9 Å². The summed E-state index contributed by atoms with van der Waals surface area (Å²) in [6.45, 7) is 0. The van der Waals surface area contributed by atoms with Gasteiger partial charge in [-0.15, -0.1) is 0 Å². The third-order valence-electron chi connectivity index (χ3n) is 1.56. The first-order valence-corrected chi connectivity index (χ1v) is 3.35. The van der Waals surface area contributed by atoms with Gasteiger partial charge in [0.2, 0.25) is 0 Å². The summed E-state index contributed by atoms with van der Waals surface area (Å²) >= 11 is 0. The van der Waals surface area contributed by atoms with E-state index in [9.17, 15) is 5.21 Å². The second-order valence-electron chi connectivity index (χ2n) is 2.24. The highest BCUT2D eigenvalue weighted by atomic mass is 16.5. The monoisotopic (exact) mass is 165 g/mol. The van der Waals surface area contributed by atoms with Crippen LogP contribution in [0.3, 0.4) is 0 Å². The Labute approximate surface area is 67.2 Å². The Morgan fingerprint density at radius 3 is 3.17 bits per heavy atom. The number of nitrogens with one attached hydrogen (secondary N) is 1. The van der Waals surface area contributed by atoms with E-state index in [1.807, 2.05) is 0 Å². The standard InChI is InChI=1S/C6H7N5O/c1-7-6-4-5(9-2-8-4)10-3-11(6)12/h2-3,12H,1H3,(H,8,9). The molecule has 0 bridgehead atoms. The molecule has 2 aromatic heterocycles. The first kappa shape index (κ1) is 6.84. The fraction of sp³-hybridized carbons (Fsp3) is 0.167. The van der Waals surface area contributed by atoms with E-state index in [-0.39, 0.29) is 0 Å². The van der Waals surface area contributed by atoms with Crippen molar-refractivity contribution in [3.05, 3.63) is 18.1 Å². The molecule has 2 N–H and O–H groups in total. The van der Waals surface area contributed by atoms with E-state index < -0.39 is 0 Å². The van der Waals surface area contributed by atoms with Gasteiger partial charge in [0.05, 0.1) is 6.33 Å². The maximum Gasteiger partial charge on any atom is 0.192 e. The highest BCUT2D eigenvalue weighted by Gasteiger charge is 2.01. The Bertz CT molecular complexity index is 468. The Hall–Kier alpha value is -1.85. The van der Waals surface area contributed by atoms with Gasteiger partial charge in [-0.25, -0.2) is 9.97 Å². The van der Waals surface area contributed by atoms with E-state index in [0.717, 1.165) is 4.73 Å². The summed E-state index contributed by atoms with van der Waals surface area (Å²) in [6.07, 6.45) is 2.76. The summed E-state index contributed by atoms with van der Waals surface area (Å²) in [5.41, 5.74) is 1.58. The molecule has 0 fully saturated rings. The smallest absolute Gasteiger partial charge is 0.192 e. The normalized spacial score (nSPS) is 12.6. The van der Waals surface area contributed by atoms with Crippen molar-refractivity contribution < 1.29 is 5.21 Å². The summed E-state index contributed by atoms with van der Waals surface area (Å²) in [7, 11) is 1.59. The molecule has 0 saturated carbocycles. The van der Waals surface area contributed by atoms with E-state index in [1.54, 1.807) is 7.05 Å². The molecule has 12 heavy (non-hydrogen) atoms. The predicted molar refractivity (Wildman–Crippen MR) is 40.6 cm³/mol. The van der Waals surface area contributed by atoms with Crippen LogP contribution < -0.4 is 5.49 Å². The first-order valence-electron chi connectivity index (χ1n) is 3.35. The van der Waals surface area contributed by atoms with Crippen molar-refractivity contribution >= 4 is 11.2 Å². The SMILES string of the molecule is CN=c1c2[nH]cnc2ncn1O. The number of aromatic nitrogens is 4. The molecular formula is C6H7N5O. The van der Waals surface area contributed by atoms with Crippen molar-refractivity contribution in [3.63, 3.8) is 0 Å². The number of nitrogens with zero attached hydrogens (tertiary/aromatic N) is 4. The summed E-state index contributed by atoms with van der Waals surface area (Å²) in [5, 5.41) is 9.24. The molecule has 6 heteroatoms. The fourth-order valence-electron chi connectivity index (χ4n) is 1.04. The quantitative estimate of drug-likeness (QED) is 0.518. The molecule has 0 unspecified atom stereocenters. The van der Waals surface area contributed by atoms with Crippen LogP contribution in [0.2, 0.25) is 0 Å². The average Bonchev–Trinajstić information content (AvgIpc) is 2.52. The van der Waals surface area contributed by atoms with Gasteiger partial charge in [-0.3, -0.25) is 4.99 Å². The van der Waals surface area contributed by atoms with Gasteiger partial charge in [-0.2, -0.15) is 4.73 Å². The summed E-state index contributed by atoms with van der Waals surface area (Å²) in [5.74, 6) is 0. The highest BCUT2D eigenvalue weighted by Crippen LogP contribution is 1.96. The highest BCUT2D eigenvalue weighted by molar-refractivity contribution is 5.67. The van der Waals surface area contributed by atoms with Crippen LogP contribution in [0.25, 0.3) is 11.2 Å². The van der Waals surface area contributed by atoms with Gasteiger partial charge in [-0.05, 0) is 0 Å². The second kappa shape index (κ2) is 2.33. The van der Waals surface area contributed by atoms with Crippen molar-refractivity contribution in [3.8, 4) is 0 Å². The molecule has 0 spiro atoms. The number of hydrogen-bond acceptors (Lipinski definition) is 4. The molecule has 2 rings (SSSR count). The number of rotatable bonds is 0. The first-order chi connectivity index (χ1) is 5.83. The second-order valence-corrected chi connectivity index (χ2v) is 2.24. The van der Waals surface area contributed by atoms with Gasteiger partial charge in [0, 0.05) is 7.05 Å². The molecule has 0 atom stereocenters. The molecule has 2 aromatic rings. The summed E-state index contributed by atoms with van der Waals surface area (Å²) in [4.78, 5) is 14.5. The largest absolute Gasteiger partial charge is 0.425 e. The summed E-state index contributed by atoms with van der Waals surface area (Å²) < 4.78 is 0.848. The van der Waals surface area contributed by atoms with Crippen LogP contribution >= 0.6 is 0 Å². The molecule has 0 aromatic carbocycles. The van der Waals surface area contributed by atoms with Gasteiger partial charge in [0.25, 0.3) is 0 Å². The van der Waals surface area contributed by atoms with E-state index in [0.29, 0.717) is 16.7 Å². The maximum absolute atomic E-state index is 9.24. The summed E-state index contributed by atoms with van der Waals surface area (Å²) in [6, 6.07) is 0. The Kier molecular flexibility index (Phi) is 1.33. The Morgan fingerprint density at radius 2 is 2.42 bits per heavy atom. The van der Waals surface area contributed by atoms with Gasteiger partial charge >= 0.3 is 0 Å². The van der Waals surface area contributed by atoms with Crippen LogP contribution in [0.1, 0.15) is 0 Å². The van der Waals surface area contributed by atoms with E-state index in [4.69, 9.17) is 0 Å². The average molecular weight is 165 g/mol. The lowest BCUT2D eigenvalue weighted by Crippen LogP contribution is -2.19. The van der Waals surface area contributed by atoms with E-state index >= 15 is 0 Å². The predicted octanol–water partition coefficient (Wildman–Crippen LogP) is -0.473. The zero-order valence-corrected chi connectivity index (χ0v) is 6.39. The van der Waals surface area contributed by atoms with Crippen molar-refractivity contribution in [1.29, 1.82) is 0 Å². The zero-order valence-electron chi connectivity index (χ0n) is 6.39. The zero-order chi connectivity index (χ0) is 8.55. The van der Waals surface area contributed by atoms with Crippen LogP contribution in [0.5, 0.6) is 0 Å². The lowest BCUT2D eigenvalue weighted by Gasteiger charge is -1.95. The molecule has 0 radical (unpaired) electrons. The third-order valence-corrected chi connectivity index (χ3v) is 1.56. The molecule has 0 aliphatic carbocycles. The molecular weight excluding hydrogens is 158 g/mol. The lowest BCUT2D eigenvalue weighted by molar-refractivity contribution is 0.170. The van der Waals surface area contributed by atoms with E-state index in [1.165, 1.54) is 12.7 Å². The maximum atomic E-state index is 9.24. The van der Waals surface area contributed by atoms with E-state index in [2.05, 4.69) is 19.9 Å². The third kappa shape index (κ3) is 0.777. The van der Waals surface area contributed by atoms with Gasteiger partial charge < -0.3 is 10.2 Å².